The molecule has 2 rings (SSSR count). The zero-order valence-corrected chi connectivity index (χ0v) is 11.6. The van der Waals surface area contributed by atoms with Crippen LogP contribution >= 0.6 is 0 Å². The molecule has 0 radical (unpaired) electrons. The molecule has 1 amide bonds. The van der Waals surface area contributed by atoms with Gasteiger partial charge in [-0.1, -0.05) is 36.8 Å². The lowest BCUT2D eigenvalue weighted by molar-refractivity contribution is -0.130. The van der Waals surface area contributed by atoms with E-state index in [9.17, 15) is 4.79 Å². The Bertz CT molecular complexity index is 391. The van der Waals surface area contributed by atoms with Gasteiger partial charge >= 0.3 is 0 Å². The van der Waals surface area contributed by atoms with Gasteiger partial charge < -0.3 is 10.6 Å². The number of benzene rings is 1. The van der Waals surface area contributed by atoms with Gasteiger partial charge in [-0.05, 0) is 31.4 Å². The molecule has 1 atom stereocenters. The molecular formula is C16H24N2O. The molecule has 1 aromatic carbocycles. The van der Waals surface area contributed by atoms with Gasteiger partial charge in [0.1, 0.15) is 0 Å². The summed E-state index contributed by atoms with van der Waals surface area (Å²) in [6.45, 7) is 2.53. The molecule has 0 saturated carbocycles. The zero-order valence-electron chi connectivity index (χ0n) is 11.6. The van der Waals surface area contributed by atoms with Crippen LogP contribution in [0.5, 0.6) is 0 Å². The van der Waals surface area contributed by atoms with Crippen LogP contribution < -0.4 is 5.73 Å². The highest BCUT2D eigenvalue weighted by Gasteiger charge is 2.26. The van der Waals surface area contributed by atoms with Crippen molar-refractivity contribution in [3.8, 4) is 0 Å². The summed E-state index contributed by atoms with van der Waals surface area (Å²) in [7, 11) is 0. The fourth-order valence-electron chi connectivity index (χ4n) is 2.74. The second-order valence-corrected chi connectivity index (χ2v) is 5.34. The second kappa shape index (κ2) is 7.29. The van der Waals surface area contributed by atoms with E-state index >= 15 is 0 Å². The van der Waals surface area contributed by atoms with E-state index in [0.29, 0.717) is 18.2 Å². The smallest absolute Gasteiger partial charge is 0.222 e. The quantitative estimate of drug-likeness (QED) is 0.799. The Morgan fingerprint density at radius 1 is 1.21 bits per heavy atom. The minimum Gasteiger partial charge on any atom is -0.342 e. The van der Waals surface area contributed by atoms with Crippen molar-refractivity contribution in [2.45, 2.75) is 38.0 Å². The van der Waals surface area contributed by atoms with Crippen LogP contribution in [-0.2, 0) is 4.79 Å². The van der Waals surface area contributed by atoms with Crippen LogP contribution in [0.15, 0.2) is 30.3 Å². The minimum absolute atomic E-state index is 0.315. The predicted octanol–water partition coefficient (Wildman–Crippen LogP) is 2.52. The molecule has 0 aliphatic carbocycles. The first-order valence-corrected chi connectivity index (χ1v) is 7.34. The molecule has 1 saturated heterocycles. The predicted molar refractivity (Wildman–Crippen MR) is 77.9 cm³/mol. The fraction of sp³-hybridized carbons (Fsp3) is 0.562. The number of amides is 1. The Labute approximate surface area is 115 Å². The third kappa shape index (κ3) is 4.06. The molecule has 1 aromatic rings. The molecule has 1 aliphatic heterocycles. The lowest BCUT2D eigenvalue weighted by atomic mass is 9.99. The van der Waals surface area contributed by atoms with Crippen LogP contribution in [-0.4, -0.2) is 30.4 Å². The number of hydrogen-bond acceptors (Lipinski definition) is 2. The first-order valence-electron chi connectivity index (χ1n) is 7.34. The van der Waals surface area contributed by atoms with Gasteiger partial charge in [-0.2, -0.15) is 0 Å². The lowest BCUT2D eigenvalue weighted by Crippen LogP contribution is -2.28. The Morgan fingerprint density at radius 2 is 2.00 bits per heavy atom. The molecule has 19 heavy (non-hydrogen) atoms. The van der Waals surface area contributed by atoms with Gasteiger partial charge in [0.15, 0.2) is 0 Å². The molecule has 0 bridgehead atoms. The highest BCUT2D eigenvalue weighted by atomic mass is 16.2. The van der Waals surface area contributed by atoms with E-state index in [-0.39, 0.29) is 0 Å². The van der Waals surface area contributed by atoms with Crippen LogP contribution in [0.2, 0.25) is 0 Å². The highest BCUT2D eigenvalue weighted by molar-refractivity contribution is 5.76. The van der Waals surface area contributed by atoms with E-state index in [0.717, 1.165) is 45.3 Å². The topological polar surface area (TPSA) is 46.3 Å². The molecule has 0 spiro atoms. The lowest BCUT2D eigenvalue weighted by Gasteiger charge is -2.16. The summed E-state index contributed by atoms with van der Waals surface area (Å²) < 4.78 is 0. The van der Waals surface area contributed by atoms with Crippen molar-refractivity contribution in [2.75, 3.05) is 19.6 Å². The normalized spacial score (nSPS) is 18.8. The highest BCUT2D eigenvalue weighted by Crippen LogP contribution is 2.27. The molecule has 3 nitrogen and oxygen atoms in total. The van der Waals surface area contributed by atoms with Crippen molar-refractivity contribution in [2.24, 2.45) is 5.73 Å². The fourth-order valence-corrected chi connectivity index (χ4v) is 2.74. The largest absolute Gasteiger partial charge is 0.342 e. The van der Waals surface area contributed by atoms with Crippen molar-refractivity contribution < 1.29 is 4.79 Å². The molecule has 2 N–H and O–H groups in total. The van der Waals surface area contributed by atoms with Gasteiger partial charge in [0.25, 0.3) is 0 Å². The maximum Gasteiger partial charge on any atom is 0.222 e. The van der Waals surface area contributed by atoms with Crippen molar-refractivity contribution in [3.63, 3.8) is 0 Å². The second-order valence-electron chi connectivity index (χ2n) is 5.34. The van der Waals surface area contributed by atoms with Gasteiger partial charge in [-0.15, -0.1) is 0 Å². The third-order valence-corrected chi connectivity index (χ3v) is 3.91. The Balaban J connectivity index is 1.77. The molecule has 3 heteroatoms. The third-order valence-electron chi connectivity index (χ3n) is 3.91. The number of nitrogens with zero attached hydrogens (tertiary/aromatic N) is 1. The number of nitrogens with two attached hydrogens (primary N) is 1. The van der Waals surface area contributed by atoms with E-state index in [1.54, 1.807) is 0 Å². The first-order chi connectivity index (χ1) is 9.31. The molecule has 1 fully saturated rings. The van der Waals surface area contributed by atoms with Crippen molar-refractivity contribution in [3.05, 3.63) is 35.9 Å². The van der Waals surface area contributed by atoms with E-state index in [1.807, 2.05) is 11.0 Å². The van der Waals surface area contributed by atoms with Gasteiger partial charge in [0.2, 0.25) is 5.91 Å². The van der Waals surface area contributed by atoms with E-state index in [1.165, 1.54) is 5.56 Å². The Kier molecular flexibility index (Phi) is 5.40. The number of carbonyl (C=O) groups excluding carboxylic acids is 1. The van der Waals surface area contributed by atoms with E-state index in [2.05, 4.69) is 24.3 Å². The average molecular weight is 260 g/mol. The van der Waals surface area contributed by atoms with Crippen molar-refractivity contribution in [1.82, 2.24) is 4.90 Å². The van der Waals surface area contributed by atoms with Crippen LogP contribution in [0.3, 0.4) is 0 Å². The van der Waals surface area contributed by atoms with E-state index < -0.39 is 0 Å². The zero-order chi connectivity index (χ0) is 13.5. The summed E-state index contributed by atoms with van der Waals surface area (Å²) in [6.07, 6.45) is 4.85. The molecule has 1 unspecified atom stereocenters. The number of carbonyl (C=O) groups is 1. The van der Waals surface area contributed by atoms with Crippen molar-refractivity contribution in [1.29, 1.82) is 0 Å². The maximum atomic E-state index is 12.1. The van der Waals surface area contributed by atoms with E-state index in [4.69, 9.17) is 5.73 Å². The molecule has 1 heterocycles. The Hall–Kier alpha value is -1.35. The average Bonchev–Trinajstić information content (AvgIpc) is 2.94. The van der Waals surface area contributed by atoms with Gasteiger partial charge in [0.05, 0.1) is 0 Å². The van der Waals surface area contributed by atoms with Crippen LogP contribution in [0, 0.1) is 0 Å². The summed E-state index contributed by atoms with van der Waals surface area (Å²) in [6, 6.07) is 10.5. The summed E-state index contributed by atoms with van der Waals surface area (Å²) in [5.74, 6) is 0.838. The maximum absolute atomic E-state index is 12.1. The Morgan fingerprint density at radius 3 is 2.74 bits per heavy atom. The van der Waals surface area contributed by atoms with Gasteiger partial charge in [0, 0.05) is 25.4 Å². The molecule has 1 aliphatic rings. The van der Waals surface area contributed by atoms with Crippen LogP contribution in [0.25, 0.3) is 0 Å². The van der Waals surface area contributed by atoms with Gasteiger partial charge in [-0.25, -0.2) is 0 Å². The molecule has 0 aromatic heterocycles. The monoisotopic (exact) mass is 260 g/mol. The summed E-state index contributed by atoms with van der Waals surface area (Å²) in [4.78, 5) is 14.1. The summed E-state index contributed by atoms with van der Waals surface area (Å²) in [5.41, 5.74) is 6.82. The SMILES string of the molecule is NCCCCCC(=O)N1CCC(c2ccccc2)C1. The van der Waals surface area contributed by atoms with Crippen LogP contribution in [0.4, 0.5) is 0 Å². The molecule has 104 valence electrons. The number of likely N-dealkylation sites (tertiary alicyclic amines) is 1. The standard InChI is InChI=1S/C16H24N2O/c17-11-6-2-5-9-16(19)18-12-10-15(13-18)14-7-3-1-4-8-14/h1,3-4,7-8,15H,2,5-6,9-13,17H2. The van der Waals surface area contributed by atoms with Crippen molar-refractivity contribution >= 4 is 5.91 Å². The summed E-state index contributed by atoms with van der Waals surface area (Å²) >= 11 is 0. The molecular weight excluding hydrogens is 236 g/mol. The number of hydrogen-bond donors (Lipinski definition) is 1. The van der Waals surface area contributed by atoms with Crippen LogP contribution in [0.1, 0.15) is 43.6 Å². The first kappa shape index (κ1) is 14.1. The van der Waals surface area contributed by atoms with Gasteiger partial charge in [-0.3, -0.25) is 4.79 Å². The number of unbranched alkanes of at least 4 members (excludes halogenated alkanes) is 2. The minimum atomic E-state index is 0.315. The number of rotatable bonds is 6. The summed E-state index contributed by atoms with van der Waals surface area (Å²) in [5, 5.41) is 0.